The van der Waals surface area contributed by atoms with Crippen molar-refractivity contribution in [1.29, 1.82) is 0 Å². The number of primary amides is 1. The molecular weight excluding hydrogens is 429 g/mol. The highest BCUT2D eigenvalue weighted by Gasteiger charge is 2.18. The highest BCUT2D eigenvalue weighted by atomic mass is 79.9. The number of Topliss-reactive ketones (excluding diaryl/α,β-unsaturated/α-hetero) is 1. The summed E-state index contributed by atoms with van der Waals surface area (Å²) < 4.78 is 20.2. The van der Waals surface area contributed by atoms with Gasteiger partial charge in [-0.25, -0.2) is 4.39 Å². The maximum Gasteiger partial charge on any atom is 0.255 e. The van der Waals surface area contributed by atoms with Gasteiger partial charge in [0.2, 0.25) is 5.78 Å². The van der Waals surface area contributed by atoms with Crippen LogP contribution in [-0.2, 0) is 0 Å². The molecule has 1 heterocycles. The first-order valence-electron chi connectivity index (χ1n) is 5.59. The first-order valence-corrected chi connectivity index (χ1v) is 7.99. The minimum Gasteiger partial charge on any atom is -0.484 e. The van der Waals surface area contributed by atoms with E-state index in [1.54, 1.807) is 6.07 Å². The lowest BCUT2D eigenvalue weighted by Crippen LogP contribution is -2.18. The topological polar surface area (TPSA) is 69.4 Å². The van der Waals surface area contributed by atoms with Gasteiger partial charge in [-0.15, -0.1) is 11.3 Å². The van der Waals surface area contributed by atoms with Gasteiger partial charge in [-0.3, -0.25) is 9.59 Å². The fourth-order valence-electron chi connectivity index (χ4n) is 1.62. The number of hydrogen-bond donors (Lipinski definition) is 1. The molecule has 4 nitrogen and oxygen atoms in total. The molecule has 21 heavy (non-hydrogen) atoms. The molecule has 0 aliphatic carbocycles. The summed E-state index contributed by atoms with van der Waals surface area (Å²) in [6, 6.07) is 5.51. The highest BCUT2D eigenvalue weighted by molar-refractivity contribution is 9.12. The van der Waals surface area contributed by atoms with Crippen molar-refractivity contribution in [3.63, 3.8) is 0 Å². The van der Waals surface area contributed by atoms with E-state index < -0.39 is 11.7 Å². The van der Waals surface area contributed by atoms with Gasteiger partial charge in [0.1, 0.15) is 17.1 Å². The largest absolute Gasteiger partial charge is 0.484 e. The van der Waals surface area contributed by atoms with Crippen molar-refractivity contribution in [2.24, 2.45) is 5.73 Å². The predicted octanol–water partition coefficient (Wildman–Crippen LogP) is 3.77. The number of rotatable bonds is 5. The Morgan fingerprint density at radius 1 is 1.33 bits per heavy atom. The van der Waals surface area contributed by atoms with Gasteiger partial charge in [-0.2, -0.15) is 0 Å². The zero-order valence-corrected chi connectivity index (χ0v) is 14.3. The van der Waals surface area contributed by atoms with Gasteiger partial charge in [0.05, 0.1) is 7.57 Å². The molecule has 0 saturated carbocycles. The van der Waals surface area contributed by atoms with Crippen LogP contribution >= 0.6 is 43.2 Å². The molecule has 110 valence electrons. The maximum absolute atomic E-state index is 13.5. The number of nitrogens with two attached hydrogens (primary N) is 1. The minimum atomic E-state index is -0.949. The van der Waals surface area contributed by atoms with Crippen molar-refractivity contribution < 1.29 is 18.7 Å². The summed E-state index contributed by atoms with van der Waals surface area (Å²) >= 11 is 7.90. The van der Waals surface area contributed by atoms with Crippen molar-refractivity contribution in [3.05, 3.63) is 48.8 Å². The number of amides is 1. The van der Waals surface area contributed by atoms with Gasteiger partial charge >= 0.3 is 0 Å². The van der Waals surface area contributed by atoms with Crippen molar-refractivity contribution in [2.45, 2.75) is 0 Å². The van der Waals surface area contributed by atoms with E-state index in [0.717, 1.165) is 9.85 Å². The molecule has 0 atom stereocenters. The van der Waals surface area contributed by atoms with Crippen LogP contribution in [0.3, 0.4) is 0 Å². The number of benzene rings is 1. The average molecular weight is 437 g/mol. The minimum absolute atomic E-state index is 0.0544. The van der Waals surface area contributed by atoms with Crippen LogP contribution in [0.4, 0.5) is 4.39 Å². The second-order valence-corrected chi connectivity index (χ2v) is 7.68. The summed E-state index contributed by atoms with van der Waals surface area (Å²) in [6.45, 7) is -0.328. The molecule has 2 aromatic rings. The summed E-state index contributed by atoms with van der Waals surface area (Å²) in [4.78, 5) is 23.3. The fourth-order valence-corrected chi connectivity index (χ4v) is 4.47. The Hall–Kier alpha value is -1.25. The highest BCUT2D eigenvalue weighted by Crippen LogP contribution is 2.32. The molecule has 1 amide bonds. The quantitative estimate of drug-likeness (QED) is 0.725. The van der Waals surface area contributed by atoms with Crippen LogP contribution in [0.5, 0.6) is 5.75 Å². The van der Waals surface area contributed by atoms with Gasteiger partial charge in [-0.05, 0) is 50.1 Å². The normalized spacial score (nSPS) is 10.4. The van der Waals surface area contributed by atoms with E-state index in [1.807, 2.05) is 0 Å². The Morgan fingerprint density at radius 2 is 2.05 bits per heavy atom. The maximum atomic E-state index is 13.5. The Morgan fingerprint density at radius 3 is 2.62 bits per heavy atom. The number of ketones is 1. The first-order chi connectivity index (χ1) is 9.90. The molecule has 2 rings (SSSR count). The zero-order valence-electron chi connectivity index (χ0n) is 10.4. The van der Waals surface area contributed by atoms with E-state index in [0.29, 0.717) is 9.35 Å². The van der Waals surface area contributed by atoms with Crippen LogP contribution in [0.25, 0.3) is 0 Å². The van der Waals surface area contributed by atoms with Gasteiger partial charge in [0.15, 0.2) is 6.61 Å². The summed E-state index contributed by atoms with van der Waals surface area (Å²) in [7, 11) is 0. The SMILES string of the molecule is NC(=O)c1c(F)cccc1OCC(=O)c1cc(Br)sc1Br. The van der Waals surface area contributed by atoms with E-state index >= 15 is 0 Å². The first kappa shape index (κ1) is 16.1. The molecule has 1 aromatic heterocycles. The van der Waals surface area contributed by atoms with E-state index in [4.69, 9.17) is 10.5 Å². The van der Waals surface area contributed by atoms with Gasteiger partial charge < -0.3 is 10.5 Å². The lowest BCUT2D eigenvalue weighted by atomic mass is 10.1. The number of halogens is 3. The predicted molar refractivity (Wildman–Crippen MR) is 84.5 cm³/mol. The molecule has 0 bridgehead atoms. The third-order valence-electron chi connectivity index (χ3n) is 2.54. The zero-order chi connectivity index (χ0) is 15.6. The second kappa shape index (κ2) is 6.67. The summed E-state index contributed by atoms with van der Waals surface area (Å²) in [5.41, 5.74) is 5.19. The molecule has 0 fully saturated rings. The smallest absolute Gasteiger partial charge is 0.255 e. The van der Waals surface area contributed by atoms with Crippen LogP contribution in [0.15, 0.2) is 31.8 Å². The van der Waals surface area contributed by atoms with Gasteiger partial charge in [0, 0.05) is 5.56 Å². The standard InChI is InChI=1S/C13H8Br2FNO3S/c14-10-4-6(12(15)21-10)8(18)5-20-9-3-1-2-7(16)11(9)13(17)19/h1-4H,5H2,(H2,17,19). The fraction of sp³-hybridized carbons (Fsp3) is 0.0769. The molecular formula is C13H8Br2FNO3S. The summed E-state index contributed by atoms with van der Waals surface area (Å²) in [5, 5.41) is 0. The van der Waals surface area contributed by atoms with E-state index in [1.165, 1.54) is 23.5 Å². The van der Waals surface area contributed by atoms with E-state index in [-0.39, 0.29) is 23.7 Å². The second-order valence-electron chi connectivity index (χ2n) is 3.93. The van der Waals surface area contributed by atoms with Crippen LogP contribution in [0.2, 0.25) is 0 Å². The average Bonchev–Trinajstić information content (AvgIpc) is 2.74. The van der Waals surface area contributed by atoms with Crippen LogP contribution < -0.4 is 10.5 Å². The monoisotopic (exact) mass is 435 g/mol. The van der Waals surface area contributed by atoms with Crippen LogP contribution in [0.1, 0.15) is 20.7 Å². The van der Waals surface area contributed by atoms with Crippen molar-refractivity contribution in [2.75, 3.05) is 6.61 Å². The number of carbonyl (C=O) groups excluding carboxylic acids is 2. The van der Waals surface area contributed by atoms with Crippen molar-refractivity contribution >= 4 is 54.9 Å². The molecule has 0 saturated heterocycles. The molecule has 0 unspecified atom stereocenters. The molecule has 1 aromatic carbocycles. The van der Waals surface area contributed by atoms with E-state index in [9.17, 15) is 14.0 Å². The van der Waals surface area contributed by atoms with Crippen molar-refractivity contribution in [1.82, 2.24) is 0 Å². The van der Waals surface area contributed by atoms with Crippen molar-refractivity contribution in [3.8, 4) is 5.75 Å². The number of ether oxygens (including phenoxy) is 1. The molecule has 0 aliphatic heterocycles. The third-order valence-corrected chi connectivity index (χ3v) is 4.88. The summed E-state index contributed by atoms with van der Waals surface area (Å²) in [6.07, 6.45) is 0. The van der Waals surface area contributed by atoms with Crippen LogP contribution in [-0.4, -0.2) is 18.3 Å². The molecule has 0 aliphatic rings. The number of hydrogen-bond acceptors (Lipinski definition) is 4. The number of carbonyl (C=O) groups is 2. The van der Waals surface area contributed by atoms with E-state index in [2.05, 4.69) is 31.9 Å². The molecule has 2 N–H and O–H groups in total. The molecule has 0 spiro atoms. The van der Waals surface area contributed by atoms with Gasteiger partial charge in [0.25, 0.3) is 5.91 Å². The lowest BCUT2D eigenvalue weighted by Gasteiger charge is -2.09. The Balaban J connectivity index is 2.17. The Bertz CT molecular complexity index is 717. The lowest BCUT2D eigenvalue weighted by molar-refractivity contribution is 0.0910. The number of thiophene rings is 1. The molecule has 8 heteroatoms. The van der Waals surface area contributed by atoms with Crippen LogP contribution in [0, 0.1) is 5.82 Å². The van der Waals surface area contributed by atoms with Gasteiger partial charge in [-0.1, -0.05) is 6.07 Å². The Labute approximate surface area is 140 Å². The summed E-state index contributed by atoms with van der Waals surface area (Å²) in [5.74, 6) is -2.09. The Kier molecular flexibility index (Phi) is 5.13. The third kappa shape index (κ3) is 3.69. The molecule has 0 radical (unpaired) electrons.